The molecule has 1 rings (SSSR count). The monoisotopic (exact) mass is 236 g/mol. The van der Waals surface area contributed by atoms with Crippen molar-refractivity contribution in [3.63, 3.8) is 0 Å². The maximum Gasteiger partial charge on any atom is 0.311 e. The molecule has 1 aromatic carbocycles. The van der Waals surface area contributed by atoms with Gasteiger partial charge in [0.15, 0.2) is 11.5 Å². The van der Waals surface area contributed by atoms with E-state index in [4.69, 9.17) is 4.74 Å². The van der Waals surface area contributed by atoms with Gasteiger partial charge < -0.3 is 9.84 Å². The van der Waals surface area contributed by atoms with Gasteiger partial charge in [-0.2, -0.15) is 0 Å². The van der Waals surface area contributed by atoms with Gasteiger partial charge in [-0.05, 0) is 30.9 Å². The van der Waals surface area contributed by atoms with Crippen molar-refractivity contribution in [3.8, 4) is 11.5 Å². The van der Waals surface area contributed by atoms with Crippen LogP contribution in [0.5, 0.6) is 11.5 Å². The summed E-state index contributed by atoms with van der Waals surface area (Å²) in [7, 11) is 0. The fourth-order valence-corrected chi connectivity index (χ4v) is 1.88. The number of hydrogen-bond donors (Lipinski definition) is 1. The molecule has 3 heteroatoms. The Balaban J connectivity index is 3.02. The zero-order valence-corrected chi connectivity index (χ0v) is 10.9. The van der Waals surface area contributed by atoms with Crippen LogP contribution in [0.2, 0.25) is 0 Å². The third-order valence-corrected chi connectivity index (χ3v) is 2.65. The van der Waals surface area contributed by atoms with Gasteiger partial charge in [-0.15, -0.1) is 0 Å². The summed E-state index contributed by atoms with van der Waals surface area (Å²) in [5.74, 6) is 0.239. The predicted molar refractivity (Wildman–Crippen MR) is 67.5 cm³/mol. The maximum atomic E-state index is 11.4. The predicted octanol–water partition coefficient (Wildman–Crippen LogP) is 3.53. The highest BCUT2D eigenvalue weighted by Gasteiger charge is 2.16. The highest BCUT2D eigenvalue weighted by Crippen LogP contribution is 2.37. The topological polar surface area (TPSA) is 46.5 Å². The Hall–Kier alpha value is -1.51. The molecule has 0 aliphatic rings. The second kappa shape index (κ2) is 5.71. The molecule has 17 heavy (non-hydrogen) atoms. The SMILES string of the molecule is CCCC(=O)Oc1ccc(C)c(C(C)C)c1O. The van der Waals surface area contributed by atoms with Crippen LogP contribution in [0.1, 0.15) is 50.7 Å². The number of carbonyl (C=O) groups is 1. The van der Waals surface area contributed by atoms with Crippen LogP contribution in [-0.4, -0.2) is 11.1 Å². The first kappa shape index (κ1) is 13.6. The minimum atomic E-state index is -0.304. The summed E-state index contributed by atoms with van der Waals surface area (Å²) in [5.41, 5.74) is 1.85. The van der Waals surface area contributed by atoms with Gasteiger partial charge >= 0.3 is 5.97 Å². The van der Waals surface area contributed by atoms with Crippen molar-refractivity contribution in [3.05, 3.63) is 23.3 Å². The number of esters is 1. The molecule has 0 unspecified atom stereocenters. The number of aryl methyl sites for hydroxylation is 1. The Morgan fingerprint density at radius 2 is 2.06 bits per heavy atom. The molecule has 0 fully saturated rings. The van der Waals surface area contributed by atoms with E-state index in [0.29, 0.717) is 6.42 Å². The van der Waals surface area contributed by atoms with Crippen molar-refractivity contribution in [1.82, 2.24) is 0 Å². The molecular formula is C14H20O3. The first-order valence-electron chi connectivity index (χ1n) is 6.00. The van der Waals surface area contributed by atoms with Crippen molar-refractivity contribution in [2.24, 2.45) is 0 Å². The number of benzene rings is 1. The zero-order chi connectivity index (χ0) is 13.0. The van der Waals surface area contributed by atoms with Gasteiger partial charge in [0, 0.05) is 12.0 Å². The number of ether oxygens (including phenoxy) is 1. The van der Waals surface area contributed by atoms with Crippen molar-refractivity contribution >= 4 is 5.97 Å². The second-order valence-corrected chi connectivity index (χ2v) is 4.52. The summed E-state index contributed by atoms with van der Waals surface area (Å²) in [4.78, 5) is 11.4. The summed E-state index contributed by atoms with van der Waals surface area (Å²) in [6.07, 6.45) is 1.10. The Kier molecular flexibility index (Phi) is 4.55. The molecule has 0 bridgehead atoms. The van der Waals surface area contributed by atoms with Crippen molar-refractivity contribution in [2.45, 2.75) is 46.5 Å². The molecule has 0 spiro atoms. The number of aromatic hydroxyl groups is 1. The van der Waals surface area contributed by atoms with E-state index in [1.54, 1.807) is 6.07 Å². The summed E-state index contributed by atoms with van der Waals surface area (Å²) >= 11 is 0. The van der Waals surface area contributed by atoms with E-state index >= 15 is 0 Å². The van der Waals surface area contributed by atoms with E-state index in [9.17, 15) is 9.90 Å². The summed E-state index contributed by atoms with van der Waals surface area (Å²) in [6.45, 7) is 7.85. The highest BCUT2D eigenvalue weighted by atomic mass is 16.5. The van der Waals surface area contributed by atoms with Crippen LogP contribution in [0.15, 0.2) is 12.1 Å². The van der Waals surface area contributed by atoms with Crippen LogP contribution in [0.3, 0.4) is 0 Å². The molecule has 0 saturated heterocycles. The van der Waals surface area contributed by atoms with E-state index in [-0.39, 0.29) is 23.4 Å². The van der Waals surface area contributed by atoms with Crippen molar-refractivity contribution in [2.75, 3.05) is 0 Å². The van der Waals surface area contributed by atoms with Crippen LogP contribution < -0.4 is 4.74 Å². The molecule has 1 N–H and O–H groups in total. The van der Waals surface area contributed by atoms with Gasteiger partial charge in [0.05, 0.1) is 0 Å². The van der Waals surface area contributed by atoms with E-state index < -0.39 is 0 Å². The van der Waals surface area contributed by atoms with Gasteiger partial charge in [0.2, 0.25) is 0 Å². The smallest absolute Gasteiger partial charge is 0.311 e. The average Bonchev–Trinajstić information content (AvgIpc) is 2.22. The summed E-state index contributed by atoms with van der Waals surface area (Å²) < 4.78 is 5.14. The van der Waals surface area contributed by atoms with Gasteiger partial charge in [-0.25, -0.2) is 0 Å². The molecule has 0 saturated carbocycles. The lowest BCUT2D eigenvalue weighted by molar-refractivity contribution is -0.134. The lowest BCUT2D eigenvalue weighted by Crippen LogP contribution is -2.08. The third-order valence-electron chi connectivity index (χ3n) is 2.65. The van der Waals surface area contributed by atoms with Gasteiger partial charge in [0.1, 0.15) is 0 Å². The van der Waals surface area contributed by atoms with Gasteiger partial charge in [-0.1, -0.05) is 26.8 Å². The molecule has 0 atom stereocenters. The standard InChI is InChI=1S/C14H20O3/c1-5-6-12(15)17-11-8-7-10(4)13(9(2)3)14(11)16/h7-9,16H,5-6H2,1-4H3. The summed E-state index contributed by atoms with van der Waals surface area (Å²) in [5, 5.41) is 10.1. The first-order chi connectivity index (χ1) is 7.97. The number of phenolic OH excluding ortho intramolecular Hbond substituents is 1. The Morgan fingerprint density at radius 1 is 1.41 bits per heavy atom. The van der Waals surface area contributed by atoms with E-state index in [0.717, 1.165) is 17.5 Å². The minimum Gasteiger partial charge on any atom is -0.504 e. The lowest BCUT2D eigenvalue weighted by Gasteiger charge is -2.15. The number of phenols is 1. The van der Waals surface area contributed by atoms with E-state index in [1.165, 1.54) is 0 Å². The Bertz CT molecular complexity index is 408. The molecule has 0 aliphatic carbocycles. The molecule has 1 aromatic rings. The van der Waals surface area contributed by atoms with E-state index in [1.807, 2.05) is 33.8 Å². The molecule has 0 heterocycles. The zero-order valence-electron chi connectivity index (χ0n) is 10.9. The van der Waals surface area contributed by atoms with Crippen molar-refractivity contribution in [1.29, 1.82) is 0 Å². The fourth-order valence-electron chi connectivity index (χ4n) is 1.88. The maximum absolute atomic E-state index is 11.4. The van der Waals surface area contributed by atoms with Gasteiger partial charge in [-0.3, -0.25) is 4.79 Å². The molecule has 0 aromatic heterocycles. The molecular weight excluding hydrogens is 216 g/mol. The fraction of sp³-hybridized carbons (Fsp3) is 0.500. The van der Waals surface area contributed by atoms with Crippen molar-refractivity contribution < 1.29 is 14.6 Å². The van der Waals surface area contributed by atoms with Crippen LogP contribution in [0, 0.1) is 6.92 Å². The first-order valence-corrected chi connectivity index (χ1v) is 6.00. The Labute approximate surface area is 102 Å². The van der Waals surface area contributed by atoms with E-state index in [2.05, 4.69) is 0 Å². The number of rotatable bonds is 4. The minimum absolute atomic E-state index is 0.0875. The van der Waals surface area contributed by atoms with Crippen LogP contribution in [-0.2, 0) is 4.79 Å². The number of carbonyl (C=O) groups excluding carboxylic acids is 1. The average molecular weight is 236 g/mol. The molecule has 94 valence electrons. The normalized spacial score (nSPS) is 10.6. The second-order valence-electron chi connectivity index (χ2n) is 4.52. The molecule has 0 aliphatic heterocycles. The largest absolute Gasteiger partial charge is 0.504 e. The van der Waals surface area contributed by atoms with Crippen LogP contribution in [0.25, 0.3) is 0 Å². The molecule has 3 nitrogen and oxygen atoms in total. The molecule has 0 radical (unpaired) electrons. The summed E-state index contributed by atoms with van der Waals surface area (Å²) in [6, 6.07) is 3.51. The van der Waals surface area contributed by atoms with Gasteiger partial charge in [0.25, 0.3) is 0 Å². The quantitative estimate of drug-likeness (QED) is 0.642. The Morgan fingerprint density at radius 3 is 2.59 bits per heavy atom. The van der Waals surface area contributed by atoms with Crippen LogP contribution in [0.4, 0.5) is 0 Å². The lowest BCUT2D eigenvalue weighted by atomic mass is 9.96. The third kappa shape index (κ3) is 3.22. The highest BCUT2D eigenvalue weighted by molar-refractivity contribution is 5.73. The number of hydrogen-bond acceptors (Lipinski definition) is 3. The molecule has 0 amide bonds. The van der Waals surface area contributed by atoms with Crippen LogP contribution >= 0.6 is 0 Å².